The van der Waals surface area contributed by atoms with Crippen LogP contribution in [-0.2, 0) is 77.0 Å². The highest BCUT2D eigenvalue weighted by Gasteiger charge is 2.39. The topological polar surface area (TPSA) is 0 Å². The van der Waals surface area contributed by atoms with Crippen molar-refractivity contribution >= 4 is 37.1 Å². The molecule has 0 nitrogen and oxygen atoms in total. The molecule has 0 bridgehead atoms. The molecule has 0 radical (unpaired) electrons. The molecule has 0 amide bonds. The summed E-state index contributed by atoms with van der Waals surface area (Å²) in [5, 5.41) is 7.75. The number of hydrogen-bond acceptors (Lipinski definition) is 0. The second kappa shape index (κ2) is 40.0. The lowest BCUT2D eigenvalue weighted by Gasteiger charge is -2.41. The average Bonchev–Trinajstić information content (AvgIpc) is 3.45. The Balaban J connectivity index is 2.49. The third kappa shape index (κ3) is 19.7. The highest BCUT2D eigenvalue weighted by Crippen LogP contribution is 2.61. The first-order valence-electron chi connectivity index (χ1n) is 34.4. The van der Waals surface area contributed by atoms with Gasteiger partial charge < -0.3 is 0 Å². The summed E-state index contributed by atoms with van der Waals surface area (Å²) in [6.07, 6.45) is 47.8. The number of rotatable bonds is 44. The Labute approximate surface area is 489 Å². The number of hydrogen-bond donors (Lipinski definition) is 0. The molecule has 438 valence electrons. The van der Waals surface area contributed by atoms with Gasteiger partial charge in [-0.2, -0.15) is 0 Å². The molecular formula is C76H124P2. The lowest BCUT2D eigenvalue weighted by Crippen LogP contribution is -2.34. The van der Waals surface area contributed by atoms with Gasteiger partial charge in [0.05, 0.1) is 0 Å². The van der Waals surface area contributed by atoms with Gasteiger partial charge in [-0.05, 0) is 264 Å². The van der Waals surface area contributed by atoms with E-state index in [-0.39, 0.29) is 0 Å². The van der Waals surface area contributed by atoms with Crippen LogP contribution in [0.1, 0.15) is 324 Å². The summed E-state index contributed by atoms with van der Waals surface area (Å²) < 4.78 is 0. The maximum atomic E-state index is 2.84. The van der Waals surface area contributed by atoms with Crippen LogP contribution in [-0.4, -0.2) is 5.40 Å². The molecule has 0 saturated heterocycles. The molecule has 0 spiro atoms. The highest BCUT2D eigenvalue weighted by atomic mass is 31.2. The Bertz CT molecular complexity index is 1940. The van der Waals surface area contributed by atoms with Gasteiger partial charge in [0.2, 0.25) is 0 Å². The minimum absolute atomic E-state index is 0.531. The van der Waals surface area contributed by atoms with Gasteiger partial charge in [0.15, 0.2) is 0 Å². The molecule has 0 aliphatic heterocycles. The Kier molecular flexibility index (Phi) is 35.0. The van der Waals surface area contributed by atoms with Gasteiger partial charge in [0.25, 0.3) is 0 Å². The largest absolute Gasteiger partial charge is 0.0654 e. The minimum Gasteiger partial charge on any atom is -0.0654 e. The summed E-state index contributed by atoms with van der Waals surface area (Å²) >= 11 is 0. The van der Waals surface area contributed by atoms with Crippen LogP contribution in [0.3, 0.4) is 0 Å². The molecular weight excluding hydrogens is 975 g/mol. The Hall–Kier alpha value is -2.26. The van der Waals surface area contributed by atoms with E-state index in [1.807, 2.05) is 22.3 Å². The molecule has 0 aliphatic carbocycles. The monoisotopic (exact) mass is 1100 g/mol. The van der Waals surface area contributed by atoms with Crippen molar-refractivity contribution in [1.29, 1.82) is 0 Å². The predicted molar refractivity (Wildman–Crippen MR) is 360 cm³/mol. The fourth-order valence-electron chi connectivity index (χ4n) is 12.9. The number of aryl methyl sites for hydroxylation is 4. The molecule has 78 heavy (non-hydrogen) atoms. The van der Waals surface area contributed by atoms with Gasteiger partial charge in [-0.15, -0.1) is 0 Å². The fraction of sp³-hybridized carbons (Fsp3) is 0.684. The van der Waals surface area contributed by atoms with Gasteiger partial charge in [-0.1, -0.05) is 222 Å². The van der Waals surface area contributed by atoms with Crippen LogP contribution in [0.2, 0.25) is 0 Å². The van der Waals surface area contributed by atoms with E-state index in [1.54, 1.807) is 65.7 Å². The first-order chi connectivity index (χ1) is 38.3. The predicted octanol–water partition coefficient (Wildman–Crippen LogP) is 22.5. The molecule has 0 atom stereocenters. The molecule has 4 aromatic carbocycles. The van der Waals surface area contributed by atoms with E-state index in [9.17, 15) is 0 Å². The van der Waals surface area contributed by atoms with Gasteiger partial charge in [0, 0.05) is 5.40 Å². The average molecular weight is 1100 g/mol. The van der Waals surface area contributed by atoms with E-state index in [0.29, 0.717) is 5.40 Å². The molecule has 4 aromatic rings. The van der Waals surface area contributed by atoms with Crippen LogP contribution in [0.15, 0.2) is 48.5 Å². The molecule has 0 aromatic heterocycles. The highest BCUT2D eigenvalue weighted by molar-refractivity contribution is 7.89. The molecule has 0 fully saturated rings. The summed E-state index contributed by atoms with van der Waals surface area (Å²) in [7, 11) is -1.58. The minimum atomic E-state index is -0.791. The van der Waals surface area contributed by atoms with E-state index in [1.165, 1.54) is 244 Å². The molecule has 0 aliphatic rings. The standard InChI is InChI=1S/C76H124P2/c1-14-27-40-60-52-56-72(68(48-35-22-9)64(60)44-31-18-5)77(73-57-53-61(41-28-15-2)65(45-32-19-6)69(73)49-36-23-10)76(39-26-13)78(74-58-54-62(42-29-16-3)66(46-33-20-7)70(74)50-37-24-11)75-59-55-63(43-30-17-4)67(47-34-21-8)71(75)51-38-25-12/h52-59,76H,14-51H2,1-13H3. The van der Waals surface area contributed by atoms with Crippen molar-refractivity contribution in [3.05, 3.63) is 115 Å². The second-order valence-corrected chi connectivity index (χ2v) is 29.1. The summed E-state index contributed by atoms with van der Waals surface area (Å²) in [5.41, 5.74) is 21.1. The molecule has 0 unspecified atom stereocenters. The zero-order valence-electron chi connectivity index (χ0n) is 54.0. The maximum Gasteiger partial charge on any atom is 0.0155 e. The molecule has 0 saturated carbocycles. The smallest absolute Gasteiger partial charge is 0.0155 e. The van der Waals surface area contributed by atoms with E-state index >= 15 is 0 Å². The first-order valence-corrected chi connectivity index (χ1v) is 37.2. The Morgan fingerprint density at radius 3 is 0.577 bits per heavy atom. The second-order valence-electron chi connectivity index (χ2n) is 24.1. The van der Waals surface area contributed by atoms with E-state index < -0.39 is 15.8 Å². The van der Waals surface area contributed by atoms with Crippen LogP contribution >= 0.6 is 15.8 Å². The van der Waals surface area contributed by atoms with E-state index in [2.05, 4.69) is 139 Å². The lowest BCUT2D eigenvalue weighted by molar-refractivity contribution is 0.736. The third-order valence-electron chi connectivity index (χ3n) is 17.6. The third-order valence-corrected chi connectivity index (χ3v) is 24.5. The van der Waals surface area contributed by atoms with Crippen molar-refractivity contribution in [2.75, 3.05) is 0 Å². The van der Waals surface area contributed by atoms with Crippen molar-refractivity contribution in [3.63, 3.8) is 0 Å². The van der Waals surface area contributed by atoms with Crippen molar-refractivity contribution in [3.8, 4) is 0 Å². The van der Waals surface area contributed by atoms with Gasteiger partial charge >= 0.3 is 0 Å². The normalized spacial score (nSPS) is 11.9. The summed E-state index contributed by atoms with van der Waals surface area (Å²) in [5.74, 6) is 0. The van der Waals surface area contributed by atoms with Gasteiger partial charge in [0.1, 0.15) is 0 Å². The SMILES string of the molecule is CCCCc1ccc(P(c2ccc(CCCC)c(CCCC)c2CCCC)C(CCC)P(c2ccc(CCCC)c(CCCC)c2CCCC)c2ccc(CCCC)c(CCCC)c2CCCC)c(CCCC)c1CCCC. The summed E-state index contributed by atoms with van der Waals surface area (Å²) in [4.78, 5) is 0. The lowest BCUT2D eigenvalue weighted by atomic mass is 9.90. The zero-order chi connectivity index (χ0) is 56.5. The molecule has 0 N–H and O–H groups in total. The van der Waals surface area contributed by atoms with Crippen LogP contribution in [0, 0.1) is 0 Å². The molecule has 4 rings (SSSR count). The zero-order valence-corrected chi connectivity index (χ0v) is 55.7. The van der Waals surface area contributed by atoms with Crippen LogP contribution in [0.4, 0.5) is 0 Å². The van der Waals surface area contributed by atoms with Crippen molar-refractivity contribution in [2.45, 2.75) is 339 Å². The molecule has 0 heterocycles. The number of unbranched alkanes of at least 4 members (excludes halogenated alkanes) is 12. The Morgan fingerprint density at radius 2 is 0.397 bits per heavy atom. The van der Waals surface area contributed by atoms with E-state index in [0.717, 1.165) is 0 Å². The summed E-state index contributed by atoms with van der Waals surface area (Å²) in [6.45, 7) is 31.8. The fourth-order valence-corrected chi connectivity index (χ4v) is 21.3. The van der Waals surface area contributed by atoms with Crippen molar-refractivity contribution < 1.29 is 0 Å². The van der Waals surface area contributed by atoms with Crippen molar-refractivity contribution in [1.82, 2.24) is 0 Å². The number of benzene rings is 4. The van der Waals surface area contributed by atoms with Gasteiger partial charge in [-0.25, -0.2) is 0 Å². The van der Waals surface area contributed by atoms with Gasteiger partial charge in [-0.3, -0.25) is 0 Å². The van der Waals surface area contributed by atoms with Crippen LogP contribution < -0.4 is 21.2 Å². The van der Waals surface area contributed by atoms with E-state index in [4.69, 9.17) is 0 Å². The van der Waals surface area contributed by atoms with Crippen LogP contribution in [0.25, 0.3) is 0 Å². The first kappa shape index (κ1) is 68.2. The Morgan fingerprint density at radius 1 is 0.218 bits per heavy atom. The maximum absolute atomic E-state index is 2.84. The van der Waals surface area contributed by atoms with Crippen molar-refractivity contribution in [2.24, 2.45) is 0 Å². The summed E-state index contributed by atoms with van der Waals surface area (Å²) in [6, 6.07) is 22.3. The quantitative estimate of drug-likeness (QED) is 0.0387. The molecule has 2 heteroatoms. The van der Waals surface area contributed by atoms with Crippen LogP contribution in [0.5, 0.6) is 0 Å².